The molecule has 7 heteroatoms. The highest BCUT2D eigenvalue weighted by Crippen LogP contribution is 2.27. The molecule has 4 rings (SSSR count). The van der Waals surface area contributed by atoms with Crippen molar-refractivity contribution in [2.75, 3.05) is 13.1 Å². The first-order chi connectivity index (χ1) is 13.2. The summed E-state index contributed by atoms with van der Waals surface area (Å²) < 4.78 is 18.1. The Bertz CT molecular complexity index is 947. The predicted octanol–water partition coefficient (Wildman–Crippen LogP) is 3.49. The van der Waals surface area contributed by atoms with E-state index in [0.29, 0.717) is 18.7 Å². The number of fused-ring (bicyclic) bond motifs is 1. The lowest BCUT2D eigenvalue weighted by molar-refractivity contribution is 0.0692. The Morgan fingerprint density at radius 3 is 3.04 bits per heavy atom. The van der Waals surface area contributed by atoms with E-state index < -0.39 is 5.95 Å². The van der Waals surface area contributed by atoms with Crippen molar-refractivity contribution in [1.82, 2.24) is 23.8 Å². The average Bonchev–Trinajstić information content (AvgIpc) is 3.31. The van der Waals surface area contributed by atoms with Gasteiger partial charge in [0, 0.05) is 44.1 Å². The highest BCUT2D eigenvalue weighted by molar-refractivity contribution is 5.93. The molecule has 27 heavy (non-hydrogen) atoms. The molecule has 4 heterocycles. The zero-order valence-electron chi connectivity index (χ0n) is 15.5. The summed E-state index contributed by atoms with van der Waals surface area (Å²) in [6, 6.07) is 5.20. The summed E-state index contributed by atoms with van der Waals surface area (Å²) >= 11 is 0. The Morgan fingerprint density at radius 2 is 2.22 bits per heavy atom. The number of piperidine rings is 1. The largest absolute Gasteiger partial charge is 0.336 e. The lowest BCUT2D eigenvalue weighted by Crippen LogP contribution is -2.40. The maximum Gasteiger partial charge on any atom is 0.277 e. The number of aryl methyl sites for hydroxylation is 1. The number of nitrogens with zero attached hydrogens (tertiary/aromatic N) is 5. The number of aromatic nitrogens is 4. The van der Waals surface area contributed by atoms with Crippen LogP contribution in [0.2, 0.25) is 0 Å². The lowest BCUT2D eigenvalue weighted by atomic mass is 9.96. The second-order valence-electron chi connectivity index (χ2n) is 7.10. The summed E-state index contributed by atoms with van der Waals surface area (Å²) in [6.07, 6.45) is 9.51. The molecule has 1 fully saturated rings. The summed E-state index contributed by atoms with van der Waals surface area (Å²) in [4.78, 5) is 23.4. The monoisotopic (exact) mass is 369 g/mol. The van der Waals surface area contributed by atoms with E-state index in [-0.39, 0.29) is 17.5 Å². The lowest BCUT2D eigenvalue weighted by Gasteiger charge is -2.32. The molecule has 0 radical (unpaired) electrons. The van der Waals surface area contributed by atoms with Crippen LogP contribution in [0, 0.1) is 5.95 Å². The number of hydrogen-bond acceptors (Lipinski definition) is 3. The van der Waals surface area contributed by atoms with E-state index in [9.17, 15) is 9.18 Å². The van der Waals surface area contributed by atoms with Crippen molar-refractivity contribution in [3.63, 3.8) is 0 Å². The van der Waals surface area contributed by atoms with Crippen molar-refractivity contribution in [3.8, 4) is 0 Å². The number of rotatable bonds is 5. The predicted molar refractivity (Wildman–Crippen MR) is 100 cm³/mol. The molecule has 0 unspecified atom stereocenters. The SMILES string of the molecule is CCCCn1ccnc1[C@H]1CCCN(C(=O)c2nc3ccccn3c2F)C1. The van der Waals surface area contributed by atoms with Gasteiger partial charge in [0.15, 0.2) is 5.69 Å². The fraction of sp³-hybridized carbons (Fsp3) is 0.450. The highest BCUT2D eigenvalue weighted by atomic mass is 19.1. The molecule has 1 amide bonds. The molecule has 0 aromatic carbocycles. The van der Waals surface area contributed by atoms with Crippen LogP contribution in [-0.4, -0.2) is 42.8 Å². The maximum atomic E-state index is 14.6. The van der Waals surface area contributed by atoms with Crippen molar-refractivity contribution in [1.29, 1.82) is 0 Å². The smallest absolute Gasteiger partial charge is 0.277 e. The minimum absolute atomic E-state index is 0.101. The van der Waals surface area contributed by atoms with Gasteiger partial charge in [-0.1, -0.05) is 19.4 Å². The minimum atomic E-state index is -0.595. The van der Waals surface area contributed by atoms with Gasteiger partial charge < -0.3 is 9.47 Å². The normalized spacial score (nSPS) is 17.6. The number of hydrogen-bond donors (Lipinski definition) is 0. The van der Waals surface area contributed by atoms with Crippen LogP contribution in [0.1, 0.15) is 54.8 Å². The van der Waals surface area contributed by atoms with Crippen LogP contribution in [-0.2, 0) is 6.54 Å². The standard InChI is InChI=1S/C20H24FN5O/c1-2-3-10-24-13-9-22-19(24)15-7-6-11-25(14-15)20(27)17-18(21)26-12-5-4-8-16(26)23-17/h4-5,8-9,12-13,15H,2-3,6-7,10-11,14H2,1H3/t15-/m0/s1. The van der Waals surface area contributed by atoms with Crippen LogP contribution in [0.4, 0.5) is 4.39 Å². The second-order valence-corrected chi connectivity index (χ2v) is 7.10. The van der Waals surface area contributed by atoms with Crippen LogP contribution in [0.15, 0.2) is 36.8 Å². The number of carbonyl (C=O) groups excluding carboxylic acids is 1. The fourth-order valence-electron chi connectivity index (χ4n) is 3.82. The number of imidazole rings is 2. The first kappa shape index (κ1) is 17.7. The number of pyridine rings is 1. The summed E-state index contributed by atoms with van der Waals surface area (Å²) in [5.41, 5.74) is 0.346. The van der Waals surface area contributed by atoms with E-state index in [1.54, 1.807) is 29.3 Å². The van der Waals surface area contributed by atoms with Gasteiger partial charge in [-0.05, 0) is 31.4 Å². The van der Waals surface area contributed by atoms with Gasteiger partial charge in [0.2, 0.25) is 5.95 Å². The molecule has 0 aliphatic carbocycles. The first-order valence-electron chi connectivity index (χ1n) is 9.62. The molecule has 0 spiro atoms. The molecular formula is C20H24FN5O. The number of likely N-dealkylation sites (tertiary alicyclic amines) is 1. The van der Waals surface area contributed by atoms with Crippen molar-refractivity contribution in [2.24, 2.45) is 0 Å². The molecule has 3 aromatic rings. The molecule has 1 aliphatic rings. The zero-order valence-corrected chi connectivity index (χ0v) is 15.5. The van der Waals surface area contributed by atoms with Gasteiger partial charge in [-0.15, -0.1) is 0 Å². The Hall–Kier alpha value is -2.70. The van der Waals surface area contributed by atoms with Crippen molar-refractivity contribution >= 4 is 11.6 Å². The fourth-order valence-corrected chi connectivity index (χ4v) is 3.82. The third-order valence-electron chi connectivity index (χ3n) is 5.25. The first-order valence-corrected chi connectivity index (χ1v) is 9.62. The van der Waals surface area contributed by atoms with Crippen LogP contribution in [0.3, 0.4) is 0 Å². The molecule has 0 bridgehead atoms. The molecule has 1 saturated heterocycles. The molecule has 1 atom stereocenters. The summed E-state index contributed by atoms with van der Waals surface area (Å²) in [5, 5.41) is 0. The number of halogens is 1. The molecule has 3 aromatic heterocycles. The number of amides is 1. The van der Waals surface area contributed by atoms with E-state index in [4.69, 9.17) is 0 Å². The molecule has 6 nitrogen and oxygen atoms in total. The van der Waals surface area contributed by atoms with Crippen LogP contribution in [0.5, 0.6) is 0 Å². The van der Waals surface area contributed by atoms with Gasteiger partial charge in [0.1, 0.15) is 11.5 Å². The third-order valence-corrected chi connectivity index (χ3v) is 5.25. The van der Waals surface area contributed by atoms with Crippen LogP contribution >= 0.6 is 0 Å². The molecular weight excluding hydrogens is 345 g/mol. The van der Waals surface area contributed by atoms with Crippen molar-refractivity contribution in [3.05, 3.63) is 54.3 Å². The second kappa shape index (κ2) is 7.50. The zero-order chi connectivity index (χ0) is 18.8. The van der Waals surface area contributed by atoms with Crippen LogP contribution in [0.25, 0.3) is 5.65 Å². The van der Waals surface area contributed by atoms with E-state index in [0.717, 1.165) is 38.1 Å². The summed E-state index contributed by atoms with van der Waals surface area (Å²) in [5.74, 6) is 0.265. The summed E-state index contributed by atoms with van der Waals surface area (Å²) in [7, 11) is 0. The Balaban J connectivity index is 1.55. The van der Waals surface area contributed by atoms with E-state index in [2.05, 4.69) is 21.5 Å². The molecule has 0 N–H and O–H groups in total. The van der Waals surface area contributed by atoms with Gasteiger partial charge in [0.25, 0.3) is 5.91 Å². The molecule has 142 valence electrons. The minimum Gasteiger partial charge on any atom is -0.336 e. The van der Waals surface area contributed by atoms with E-state index >= 15 is 0 Å². The number of unbranched alkanes of at least 4 members (excludes halogenated alkanes) is 1. The topological polar surface area (TPSA) is 55.4 Å². The average molecular weight is 369 g/mol. The highest BCUT2D eigenvalue weighted by Gasteiger charge is 2.31. The van der Waals surface area contributed by atoms with Gasteiger partial charge >= 0.3 is 0 Å². The van der Waals surface area contributed by atoms with Gasteiger partial charge in [0.05, 0.1) is 0 Å². The maximum absolute atomic E-state index is 14.6. The summed E-state index contributed by atoms with van der Waals surface area (Å²) in [6.45, 7) is 4.28. The van der Waals surface area contributed by atoms with Crippen molar-refractivity contribution < 1.29 is 9.18 Å². The molecule has 0 saturated carbocycles. The van der Waals surface area contributed by atoms with Gasteiger partial charge in [-0.3, -0.25) is 9.20 Å². The molecule has 1 aliphatic heterocycles. The Labute approximate surface area is 157 Å². The number of carbonyl (C=O) groups is 1. The third kappa shape index (κ3) is 3.34. The Kier molecular flexibility index (Phi) is 4.92. The van der Waals surface area contributed by atoms with Crippen LogP contribution < -0.4 is 0 Å². The van der Waals surface area contributed by atoms with E-state index in [1.807, 2.05) is 12.4 Å². The van der Waals surface area contributed by atoms with Gasteiger partial charge in [-0.2, -0.15) is 4.39 Å². The van der Waals surface area contributed by atoms with E-state index in [1.165, 1.54) is 4.40 Å². The van der Waals surface area contributed by atoms with Gasteiger partial charge in [-0.25, -0.2) is 9.97 Å². The Morgan fingerprint density at radius 1 is 1.33 bits per heavy atom. The quantitative estimate of drug-likeness (QED) is 0.692. The van der Waals surface area contributed by atoms with Crippen molar-refractivity contribution in [2.45, 2.75) is 45.1 Å².